The fourth-order valence-corrected chi connectivity index (χ4v) is 2.59. The summed E-state index contributed by atoms with van der Waals surface area (Å²) in [6.45, 7) is 1.97. The van der Waals surface area contributed by atoms with E-state index in [2.05, 4.69) is 5.32 Å². The number of nitrogens with two attached hydrogens (primary N) is 2. The second kappa shape index (κ2) is 5.93. The van der Waals surface area contributed by atoms with E-state index < -0.39 is 10.0 Å². The first-order valence-electron chi connectivity index (χ1n) is 6.21. The number of benzene rings is 2. The number of anilines is 2. The Hall–Kier alpha value is -1.76. The zero-order chi connectivity index (χ0) is 15.6. The number of nitrogen functional groups attached to an aromatic ring is 1. The van der Waals surface area contributed by atoms with Gasteiger partial charge in [0.05, 0.1) is 16.3 Å². The Kier molecular flexibility index (Phi) is 4.41. The predicted octanol–water partition coefficient (Wildman–Crippen LogP) is 2.74. The highest BCUT2D eigenvalue weighted by Gasteiger charge is 2.12. The summed E-state index contributed by atoms with van der Waals surface area (Å²) in [5.74, 6) is 0. The van der Waals surface area contributed by atoms with Gasteiger partial charge in [-0.05, 0) is 42.8 Å². The van der Waals surface area contributed by atoms with E-state index >= 15 is 0 Å². The summed E-state index contributed by atoms with van der Waals surface area (Å²) in [7, 11) is -3.75. The van der Waals surface area contributed by atoms with Crippen LogP contribution in [0, 0.1) is 0 Å². The molecule has 5 nitrogen and oxygen atoms in total. The van der Waals surface area contributed by atoms with Gasteiger partial charge in [0.2, 0.25) is 10.0 Å². The number of hydrogen-bond acceptors (Lipinski definition) is 4. The van der Waals surface area contributed by atoms with Crippen molar-refractivity contribution in [1.29, 1.82) is 0 Å². The molecule has 0 spiro atoms. The fourth-order valence-electron chi connectivity index (χ4n) is 1.92. The molecule has 1 atom stereocenters. The maximum Gasteiger partial charge on any atom is 0.238 e. The minimum absolute atomic E-state index is 0.00935. The van der Waals surface area contributed by atoms with Crippen LogP contribution in [0.5, 0.6) is 0 Å². The van der Waals surface area contributed by atoms with Crippen molar-refractivity contribution in [2.45, 2.75) is 17.9 Å². The highest BCUT2D eigenvalue weighted by molar-refractivity contribution is 7.89. The second-order valence-corrected chi connectivity index (χ2v) is 6.71. The summed E-state index contributed by atoms with van der Waals surface area (Å²) in [5.41, 5.74) is 7.87. The van der Waals surface area contributed by atoms with Crippen molar-refractivity contribution in [2.75, 3.05) is 11.1 Å². The highest BCUT2D eigenvalue weighted by atomic mass is 35.5. The number of rotatable bonds is 4. The van der Waals surface area contributed by atoms with E-state index in [0.29, 0.717) is 16.4 Å². The molecular formula is C14H16ClN3O2S. The van der Waals surface area contributed by atoms with Crippen LogP contribution in [0.3, 0.4) is 0 Å². The lowest BCUT2D eigenvalue weighted by atomic mass is 10.1. The maximum atomic E-state index is 11.3. The largest absolute Gasteiger partial charge is 0.397 e. The van der Waals surface area contributed by atoms with Crippen molar-refractivity contribution in [3.8, 4) is 0 Å². The maximum absolute atomic E-state index is 11.3. The fraction of sp³-hybridized carbons (Fsp3) is 0.143. The van der Waals surface area contributed by atoms with Crippen LogP contribution < -0.4 is 16.2 Å². The molecule has 0 aliphatic rings. The van der Waals surface area contributed by atoms with E-state index in [0.717, 1.165) is 5.56 Å². The molecule has 0 aliphatic carbocycles. The van der Waals surface area contributed by atoms with E-state index in [9.17, 15) is 8.42 Å². The van der Waals surface area contributed by atoms with E-state index in [-0.39, 0.29) is 10.9 Å². The van der Waals surface area contributed by atoms with Crippen molar-refractivity contribution >= 4 is 33.0 Å². The van der Waals surface area contributed by atoms with Gasteiger partial charge in [0.1, 0.15) is 0 Å². The SMILES string of the molecule is CC(Nc1ccc(S(N)(=O)=O)cc1N)c1ccc(Cl)cc1. The molecule has 0 heterocycles. The van der Waals surface area contributed by atoms with E-state index in [1.807, 2.05) is 31.2 Å². The van der Waals surface area contributed by atoms with Crippen LogP contribution in [-0.4, -0.2) is 8.42 Å². The van der Waals surface area contributed by atoms with Gasteiger partial charge >= 0.3 is 0 Å². The van der Waals surface area contributed by atoms with Gasteiger partial charge in [0, 0.05) is 11.1 Å². The first kappa shape index (κ1) is 15.6. The highest BCUT2D eigenvalue weighted by Crippen LogP contribution is 2.26. The van der Waals surface area contributed by atoms with Crippen LogP contribution in [0.15, 0.2) is 47.4 Å². The number of hydrogen-bond donors (Lipinski definition) is 3. The Morgan fingerprint density at radius 3 is 2.29 bits per heavy atom. The number of halogens is 1. The zero-order valence-electron chi connectivity index (χ0n) is 11.4. The monoisotopic (exact) mass is 325 g/mol. The molecule has 7 heteroatoms. The second-order valence-electron chi connectivity index (χ2n) is 4.71. The van der Waals surface area contributed by atoms with Gasteiger partial charge in [0.15, 0.2) is 0 Å². The van der Waals surface area contributed by atoms with E-state index in [4.69, 9.17) is 22.5 Å². The van der Waals surface area contributed by atoms with Crippen LogP contribution in [0.2, 0.25) is 5.02 Å². The Balaban J connectivity index is 2.22. The summed E-state index contributed by atoms with van der Waals surface area (Å²) in [6.07, 6.45) is 0. The molecular weight excluding hydrogens is 310 g/mol. The standard InChI is InChI=1S/C14H16ClN3O2S/c1-9(10-2-4-11(15)5-3-10)18-14-7-6-12(8-13(14)16)21(17,19)20/h2-9,18H,16H2,1H3,(H2,17,19,20). The van der Waals surface area contributed by atoms with Crippen molar-refractivity contribution in [1.82, 2.24) is 0 Å². The average molecular weight is 326 g/mol. The zero-order valence-corrected chi connectivity index (χ0v) is 12.9. The first-order valence-corrected chi connectivity index (χ1v) is 8.14. The normalized spacial score (nSPS) is 12.9. The van der Waals surface area contributed by atoms with Gasteiger partial charge in [-0.2, -0.15) is 0 Å². The predicted molar refractivity (Wildman–Crippen MR) is 85.7 cm³/mol. The molecule has 0 saturated carbocycles. The van der Waals surface area contributed by atoms with Crippen LogP contribution in [0.1, 0.15) is 18.5 Å². The van der Waals surface area contributed by atoms with Gasteiger partial charge in [0.25, 0.3) is 0 Å². The van der Waals surface area contributed by atoms with E-state index in [1.54, 1.807) is 6.07 Å². The van der Waals surface area contributed by atoms with Crippen molar-refractivity contribution in [3.63, 3.8) is 0 Å². The topological polar surface area (TPSA) is 98.2 Å². The van der Waals surface area contributed by atoms with Gasteiger partial charge in [-0.3, -0.25) is 0 Å². The number of primary sulfonamides is 1. The first-order chi connectivity index (χ1) is 9.77. The Bertz CT molecular complexity index is 745. The average Bonchev–Trinajstić information content (AvgIpc) is 2.40. The molecule has 5 N–H and O–H groups in total. The van der Waals surface area contributed by atoms with Crippen LogP contribution in [0.4, 0.5) is 11.4 Å². The summed E-state index contributed by atoms with van der Waals surface area (Å²) in [5, 5.41) is 8.96. The number of sulfonamides is 1. The van der Waals surface area contributed by atoms with Crippen molar-refractivity contribution in [3.05, 3.63) is 53.1 Å². The molecule has 0 fully saturated rings. The summed E-state index contributed by atoms with van der Waals surface area (Å²) in [4.78, 5) is -0.00954. The molecule has 0 amide bonds. The third kappa shape index (κ3) is 3.87. The van der Waals surface area contributed by atoms with Gasteiger partial charge in [-0.1, -0.05) is 23.7 Å². The van der Waals surface area contributed by atoms with Gasteiger partial charge < -0.3 is 11.1 Å². The minimum atomic E-state index is -3.75. The summed E-state index contributed by atoms with van der Waals surface area (Å²) >= 11 is 5.85. The van der Waals surface area contributed by atoms with Crippen molar-refractivity contribution in [2.24, 2.45) is 5.14 Å². The smallest absolute Gasteiger partial charge is 0.238 e. The minimum Gasteiger partial charge on any atom is -0.397 e. The lowest BCUT2D eigenvalue weighted by Crippen LogP contribution is -2.13. The van der Waals surface area contributed by atoms with E-state index in [1.165, 1.54) is 12.1 Å². The lowest BCUT2D eigenvalue weighted by molar-refractivity contribution is 0.598. The Morgan fingerprint density at radius 2 is 1.76 bits per heavy atom. The molecule has 0 aromatic heterocycles. The van der Waals surface area contributed by atoms with Crippen molar-refractivity contribution < 1.29 is 8.42 Å². The quantitative estimate of drug-likeness (QED) is 0.753. The van der Waals surface area contributed by atoms with Gasteiger partial charge in [-0.25, -0.2) is 13.6 Å². The third-order valence-corrected chi connectivity index (χ3v) is 4.26. The Labute approximate surface area is 129 Å². The molecule has 0 aliphatic heterocycles. The number of nitrogens with one attached hydrogen (secondary N) is 1. The van der Waals surface area contributed by atoms with Crippen LogP contribution >= 0.6 is 11.6 Å². The Morgan fingerprint density at radius 1 is 1.14 bits per heavy atom. The molecule has 0 saturated heterocycles. The van der Waals surface area contributed by atoms with Crippen LogP contribution in [0.25, 0.3) is 0 Å². The molecule has 2 aromatic rings. The molecule has 21 heavy (non-hydrogen) atoms. The van der Waals surface area contributed by atoms with Gasteiger partial charge in [-0.15, -0.1) is 0 Å². The van der Waals surface area contributed by atoms with Crippen LogP contribution in [-0.2, 0) is 10.0 Å². The lowest BCUT2D eigenvalue weighted by Gasteiger charge is -2.17. The molecule has 112 valence electrons. The summed E-state index contributed by atoms with van der Waals surface area (Å²) < 4.78 is 22.5. The molecule has 2 rings (SSSR count). The molecule has 2 aromatic carbocycles. The summed E-state index contributed by atoms with van der Waals surface area (Å²) in [6, 6.07) is 11.8. The third-order valence-electron chi connectivity index (χ3n) is 3.09. The molecule has 0 bridgehead atoms. The molecule has 1 unspecified atom stereocenters. The molecule has 0 radical (unpaired) electrons.